The molecule has 3 aliphatic rings. The number of rotatable bonds is 14. The maximum absolute atomic E-state index is 13.1. The molecule has 0 saturated carbocycles. The Hall–Kier alpha value is -5.63. The third kappa shape index (κ3) is 10.3. The number of aliphatic hydroxyl groups excluding tert-OH is 1. The molecule has 1 aromatic heterocycles. The SMILES string of the molecule is CC(N)=C(c1ccccc1)c1nc(-c2cccc(CCCN3CCN(C(=O)CNc4cccc(C5CCC(=O)NC5=O)c4)CC3)c2)cc(N2CCN(CCO)CC2)n1. The maximum Gasteiger partial charge on any atom is 0.241 e. The second kappa shape index (κ2) is 19.2. The lowest BCUT2D eigenvalue weighted by atomic mass is 9.90. The molecule has 1 atom stereocenters. The number of hydrogen-bond donors (Lipinski definition) is 4. The van der Waals surface area contributed by atoms with Crippen molar-refractivity contribution in [3.05, 3.63) is 113 Å². The number of nitrogens with zero attached hydrogens (tertiary/aromatic N) is 6. The van der Waals surface area contributed by atoms with Crippen molar-refractivity contribution in [2.75, 3.05) is 88.8 Å². The number of amides is 3. The number of carbonyl (C=O) groups is 3. The quantitative estimate of drug-likeness (QED) is 0.138. The molecule has 3 aromatic carbocycles. The van der Waals surface area contributed by atoms with E-state index in [0.717, 1.165) is 98.1 Å². The molecular formula is C45H55N9O4. The van der Waals surface area contributed by atoms with E-state index in [9.17, 15) is 19.5 Å². The number of benzene rings is 3. The summed E-state index contributed by atoms with van der Waals surface area (Å²) >= 11 is 0. The van der Waals surface area contributed by atoms with Crippen LogP contribution in [0.1, 0.15) is 54.6 Å². The Morgan fingerprint density at radius 2 is 1.60 bits per heavy atom. The Labute approximate surface area is 340 Å². The van der Waals surface area contributed by atoms with Gasteiger partial charge in [0.05, 0.1) is 24.8 Å². The Morgan fingerprint density at radius 1 is 0.862 bits per heavy atom. The summed E-state index contributed by atoms with van der Waals surface area (Å²) < 4.78 is 0. The second-order valence-corrected chi connectivity index (χ2v) is 15.4. The molecule has 4 aromatic rings. The smallest absolute Gasteiger partial charge is 0.241 e. The van der Waals surface area contributed by atoms with Crippen LogP contribution in [-0.4, -0.2) is 126 Å². The number of carbonyl (C=O) groups excluding carboxylic acids is 3. The van der Waals surface area contributed by atoms with Crippen LogP contribution in [0, 0.1) is 0 Å². The molecule has 13 nitrogen and oxygen atoms in total. The van der Waals surface area contributed by atoms with Crippen LogP contribution in [0.15, 0.2) is 90.6 Å². The van der Waals surface area contributed by atoms with Gasteiger partial charge >= 0.3 is 0 Å². The number of aliphatic hydroxyl groups is 1. The fraction of sp³-hybridized carbons (Fsp3) is 0.400. The summed E-state index contributed by atoms with van der Waals surface area (Å²) in [6, 6.07) is 28.3. The molecule has 4 heterocycles. The normalized spacial score (nSPS) is 18.5. The number of anilines is 2. The first kappa shape index (κ1) is 40.6. The fourth-order valence-electron chi connectivity index (χ4n) is 8.12. The van der Waals surface area contributed by atoms with E-state index in [1.54, 1.807) is 0 Å². The Kier molecular flexibility index (Phi) is 13.4. The zero-order chi connectivity index (χ0) is 40.4. The van der Waals surface area contributed by atoms with E-state index < -0.39 is 0 Å². The van der Waals surface area contributed by atoms with E-state index in [4.69, 9.17) is 15.7 Å². The highest BCUT2D eigenvalue weighted by Crippen LogP contribution is 2.30. The van der Waals surface area contributed by atoms with Gasteiger partial charge in [-0.3, -0.25) is 29.5 Å². The molecule has 58 heavy (non-hydrogen) atoms. The molecule has 0 radical (unpaired) electrons. The molecular weight excluding hydrogens is 731 g/mol. The third-order valence-corrected chi connectivity index (χ3v) is 11.4. The van der Waals surface area contributed by atoms with Crippen molar-refractivity contribution in [1.82, 2.24) is 30.0 Å². The summed E-state index contributed by atoms with van der Waals surface area (Å²) in [7, 11) is 0. The molecule has 1 unspecified atom stereocenters. The van der Waals surface area contributed by atoms with Crippen molar-refractivity contribution in [3.8, 4) is 11.3 Å². The molecule has 5 N–H and O–H groups in total. The highest BCUT2D eigenvalue weighted by Gasteiger charge is 2.28. The first-order chi connectivity index (χ1) is 28.2. The highest BCUT2D eigenvalue weighted by atomic mass is 16.3. The number of aromatic nitrogens is 2. The minimum atomic E-state index is -0.361. The molecule has 13 heteroatoms. The lowest BCUT2D eigenvalue weighted by Gasteiger charge is -2.35. The monoisotopic (exact) mass is 785 g/mol. The number of nitrogens with one attached hydrogen (secondary N) is 2. The van der Waals surface area contributed by atoms with Crippen LogP contribution >= 0.6 is 0 Å². The van der Waals surface area contributed by atoms with Gasteiger partial charge < -0.3 is 26.0 Å². The highest BCUT2D eigenvalue weighted by molar-refractivity contribution is 6.01. The molecule has 304 valence electrons. The molecule has 0 spiro atoms. The first-order valence-corrected chi connectivity index (χ1v) is 20.5. The Bertz CT molecular complexity index is 2090. The Morgan fingerprint density at radius 3 is 2.34 bits per heavy atom. The standard InChI is InChI=1S/C45H55N9O4/c1-32(46)43(34-10-3-2-4-11-34)44-48-39(30-40(49-44)53-22-18-52(19-23-53)26-27-55)36-13-5-8-33(28-36)9-7-17-51-20-24-54(25-21-51)42(57)31-47-37-14-6-12-35(29-37)38-15-16-41(56)50-45(38)58/h2-6,8,10-14,28-30,38,47,55H,7,9,15-27,31,46H2,1H3,(H,50,56,58). The summed E-state index contributed by atoms with van der Waals surface area (Å²) in [5, 5.41) is 15.1. The van der Waals surface area contributed by atoms with Crippen LogP contribution in [0.5, 0.6) is 0 Å². The summed E-state index contributed by atoms with van der Waals surface area (Å²) in [6.07, 6.45) is 2.73. The van der Waals surface area contributed by atoms with Gasteiger partial charge in [0.15, 0.2) is 5.82 Å². The summed E-state index contributed by atoms with van der Waals surface area (Å²) in [6.45, 7) is 10.2. The number of allylic oxidation sites excluding steroid dienone is 1. The fourth-order valence-corrected chi connectivity index (χ4v) is 8.12. The Balaban J connectivity index is 0.942. The summed E-state index contributed by atoms with van der Waals surface area (Å²) in [5.74, 6) is 0.670. The first-order valence-electron chi connectivity index (χ1n) is 20.5. The third-order valence-electron chi connectivity index (χ3n) is 11.4. The van der Waals surface area contributed by atoms with Gasteiger partial charge in [-0.05, 0) is 67.6 Å². The van der Waals surface area contributed by atoms with Gasteiger partial charge in [0, 0.05) is 93.9 Å². The predicted octanol–water partition coefficient (Wildman–Crippen LogP) is 3.71. The number of β-amino-alcohol motifs (C(OH)–C–C–N with tert-alkyl or cyclic N) is 1. The van der Waals surface area contributed by atoms with Crippen LogP contribution in [0.25, 0.3) is 16.8 Å². The number of aryl methyl sites for hydroxylation is 1. The van der Waals surface area contributed by atoms with Gasteiger partial charge in [-0.2, -0.15) is 0 Å². The zero-order valence-corrected chi connectivity index (χ0v) is 33.4. The van der Waals surface area contributed by atoms with Crippen molar-refractivity contribution in [2.45, 2.75) is 38.5 Å². The minimum absolute atomic E-state index is 0.0517. The van der Waals surface area contributed by atoms with E-state index in [1.165, 1.54) is 5.56 Å². The van der Waals surface area contributed by atoms with Crippen molar-refractivity contribution >= 4 is 34.8 Å². The van der Waals surface area contributed by atoms with Crippen LogP contribution in [0.2, 0.25) is 0 Å². The van der Waals surface area contributed by atoms with Gasteiger partial charge in [-0.15, -0.1) is 0 Å². The van der Waals surface area contributed by atoms with Gasteiger partial charge in [-0.25, -0.2) is 9.97 Å². The largest absolute Gasteiger partial charge is 0.402 e. The number of nitrogens with two attached hydrogens (primary N) is 1. The van der Waals surface area contributed by atoms with Crippen LogP contribution < -0.4 is 21.3 Å². The van der Waals surface area contributed by atoms with Crippen molar-refractivity contribution < 1.29 is 19.5 Å². The lowest BCUT2D eigenvalue weighted by molar-refractivity contribution is -0.134. The van der Waals surface area contributed by atoms with E-state index in [1.807, 2.05) is 66.4 Å². The average molecular weight is 786 g/mol. The molecule has 3 fully saturated rings. The summed E-state index contributed by atoms with van der Waals surface area (Å²) in [4.78, 5) is 56.2. The van der Waals surface area contributed by atoms with Gasteiger partial charge in [0.25, 0.3) is 0 Å². The van der Waals surface area contributed by atoms with Crippen molar-refractivity contribution in [2.24, 2.45) is 5.73 Å². The molecule has 3 aliphatic heterocycles. The van der Waals surface area contributed by atoms with Crippen molar-refractivity contribution in [1.29, 1.82) is 0 Å². The van der Waals surface area contributed by atoms with Gasteiger partial charge in [0.1, 0.15) is 5.82 Å². The lowest BCUT2D eigenvalue weighted by Crippen LogP contribution is -2.50. The van der Waals surface area contributed by atoms with E-state index >= 15 is 0 Å². The number of imide groups is 1. The molecule has 0 bridgehead atoms. The molecule has 3 amide bonds. The number of piperidine rings is 1. The summed E-state index contributed by atoms with van der Waals surface area (Å²) in [5.41, 5.74) is 13.7. The van der Waals surface area contributed by atoms with Gasteiger partial charge in [0.2, 0.25) is 17.7 Å². The number of piperazine rings is 2. The van der Waals surface area contributed by atoms with Crippen LogP contribution in [0.3, 0.4) is 0 Å². The van der Waals surface area contributed by atoms with Crippen molar-refractivity contribution in [3.63, 3.8) is 0 Å². The van der Waals surface area contributed by atoms with Gasteiger partial charge in [-0.1, -0.05) is 60.7 Å². The van der Waals surface area contributed by atoms with Crippen LogP contribution in [-0.2, 0) is 20.8 Å². The second-order valence-electron chi connectivity index (χ2n) is 15.4. The van der Waals surface area contributed by atoms with E-state index in [-0.39, 0.29) is 36.8 Å². The maximum atomic E-state index is 13.1. The van der Waals surface area contributed by atoms with Crippen LogP contribution in [0.4, 0.5) is 11.5 Å². The minimum Gasteiger partial charge on any atom is -0.402 e. The predicted molar refractivity (Wildman–Crippen MR) is 227 cm³/mol. The van der Waals surface area contributed by atoms with E-state index in [2.05, 4.69) is 55.7 Å². The topological polar surface area (TPSA) is 160 Å². The van der Waals surface area contributed by atoms with E-state index in [0.29, 0.717) is 44.0 Å². The molecule has 3 saturated heterocycles. The molecule has 0 aliphatic carbocycles. The average Bonchev–Trinajstić information content (AvgIpc) is 3.24. The number of hydrogen-bond acceptors (Lipinski definition) is 11. The molecule has 7 rings (SSSR count). The zero-order valence-electron chi connectivity index (χ0n) is 33.4.